The van der Waals surface area contributed by atoms with E-state index in [2.05, 4.69) is 71.5 Å². The van der Waals surface area contributed by atoms with E-state index in [-0.39, 0.29) is 12.1 Å². The highest BCUT2D eigenvalue weighted by Crippen LogP contribution is 2.44. The number of hydrogen-bond donors (Lipinski definition) is 1. The monoisotopic (exact) mass is 496 g/mol. The molecule has 6 heteroatoms. The van der Waals surface area contributed by atoms with E-state index in [1.54, 1.807) is 0 Å². The van der Waals surface area contributed by atoms with Crippen molar-refractivity contribution in [3.63, 3.8) is 0 Å². The van der Waals surface area contributed by atoms with E-state index >= 15 is 0 Å². The van der Waals surface area contributed by atoms with Gasteiger partial charge >= 0.3 is 6.03 Å². The smallest absolute Gasteiger partial charge is 0.322 e. The summed E-state index contributed by atoms with van der Waals surface area (Å²) in [6.45, 7) is 2.63. The maximum Gasteiger partial charge on any atom is 0.322 e. The summed E-state index contributed by atoms with van der Waals surface area (Å²) in [6.07, 6.45) is 6.89. The van der Waals surface area contributed by atoms with E-state index < -0.39 is 0 Å². The molecule has 5 nitrogen and oxygen atoms in total. The SMILES string of the molecule is Cc1ccccc1NC(=O)N1Cc2c(sc3c2CCCC3)-n2cccc2C1c1ccc(N(C)C)cc1. The Bertz CT molecular complexity index is 1420. The van der Waals surface area contributed by atoms with Gasteiger partial charge in [0.1, 0.15) is 5.00 Å². The van der Waals surface area contributed by atoms with E-state index in [1.165, 1.54) is 33.8 Å². The molecule has 2 amide bonds. The molecule has 0 radical (unpaired) electrons. The highest BCUT2D eigenvalue weighted by atomic mass is 32.1. The Balaban J connectivity index is 1.49. The van der Waals surface area contributed by atoms with E-state index in [1.807, 2.05) is 47.4 Å². The van der Waals surface area contributed by atoms with Gasteiger partial charge in [-0.2, -0.15) is 0 Å². The van der Waals surface area contributed by atoms with Crippen molar-refractivity contribution in [1.29, 1.82) is 0 Å². The van der Waals surface area contributed by atoms with E-state index in [0.29, 0.717) is 6.54 Å². The summed E-state index contributed by atoms with van der Waals surface area (Å²) in [4.78, 5) is 19.7. The van der Waals surface area contributed by atoms with Gasteiger partial charge in [0.15, 0.2) is 0 Å². The van der Waals surface area contributed by atoms with Gasteiger partial charge in [-0.25, -0.2) is 4.79 Å². The number of anilines is 2. The Labute approximate surface area is 217 Å². The third-order valence-corrected chi connectivity index (χ3v) is 8.89. The largest absolute Gasteiger partial charge is 0.378 e. The Morgan fingerprint density at radius 2 is 1.75 bits per heavy atom. The molecule has 3 heterocycles. The third kappa shape index (κ3) is 3.90. The van der Waals surface area contributed by atoms with Crippen LogP contribution in [-0.4, -0.2) is 29.6 Å². The standard InChI is InChI=1S/C30H32N4OS/c1-20-9-4-6-11-25(20)31-30(35)34-19-24-23-10-5-7-13-27(23)36-29(24)33-18-8-12-26(33)28(34)21-14-16-22(17-15-21)32(2)3/h4,6,8-9,11-12,14-18,28H,5,7,10,13,19H2,1-3H3,(H,31,35). The second kappa shape index (κ2) is 9.17. The zero-order valence-corrected chi connectivity index (χ0v) is 21.9. The fraction of sp³-hybridized carbons (Fsp3) is 0.300. The number of carbonyl (C=O) groups is 1. The molecule has 0 bridgehead atoms. The van der Waals surface area contributed by atoms with Gasteiger partial charge in [0.25, 0.3) is 0 Å². The van der Waals surface area contributed by atoms with Crippen molar-refractivity contribution in [3.8, 4) is 5.00 Å². The first-order valence-corrected chi connectivity index (χ1v) is 13.5. The minimum Gasteiger partial charge on any atom is -0.378 e. The summed E-state index contributed by atoms with van der Waals surface area (Å²) >= 11 is 1.92. The summed E-state index contributed by atoms with van der Waals surface area (Å²) in [5, 5.41) is 4.52. The molecule has 1 N–H and O–H groups in total. The Kier molecular flexibility index (Phi) is 5.84. The van der Waals surface area contributed by atoms with Gasteiger partial charge < -0.3 is 19.7 Å². The number of fused-ring (bicyclic) bond motifs is 5. The van der Waals surface area contributed by atoms with Crippen LogP contribution in [0, 0.1) is 6.92 Å². The van der Waals surface area contributed by atoms with Gasteiger partial charge in [-0.15, -0.1) is 11.3 Å². The number of aromatic nitrogens is 1. The van der Waals surface area contributed by atoms with Crippen molar-refractivity contribution in [3.05, 3.63) is 99.7 Å². The molecule has 184 valence electrons. The normalized spacial score (nSPS) is 16.5. The van der Waals surface area contributed by atoms with Crippen LogP contribution >= 0.6 is 11.3 Å². The maximum atomic E-state index is 14.1. The molecule has 1 aliphatic carbocycles. The number of thiophene rings is 1. The first-order valence-electron chi connectivity index (χ1n) is 12.7. The first-order chi connectivity index (χ1) is 17.5. The van der Waals surface area contributed by atoms with Crippen LogP contribution in [-0.2, 0) is 19.4 Å². The van der Waals surface area contributed by atoms with Crippen LogP contribution in [0.15, 0.2) is 66.9 Å². The average molecular weight is 497 g/mol. The molecule has 1 unspecified atom stereocenters. The maximum absolute atomic E-state index is 14.1. The predicted octanol–water partition coefficient (Wildman–Crippen LogP) is 6.93. The molecule has 0 saturated heterocycles. The lowest BCUT2D eigenvalue weighted by molar-refractivity contribution is 0.194. The lowest BCUT2D eigenvalue weighted by Gasteiger charge is -2.32. The number of hydrogen-bond acceptors (Lipinski definition) is 3. The fourth-order valence-electron chi connectivity index (χ4n) is 5.59. The number of nitrogens with one attached hydrogen (secondary N) is 1. The van der Waals surface area contributed by atoms with Crippen LogP contribution < -0.4 is 10.2 Å². The Morgan fingerprint density at radius 3 is 2.53 bits per heavy atom. The molecule has 36 heavy (non-hydrogen) atoms. The van der Waals surface area contributed by atoms with Crippen molar-refractivity contribution in [2.75, 3.05) is 24.3 Å². The number of nitrogens with zero attached hydrogens (tertiary/aromatic N) is 3. The van der Waals surface area contributed by atoms with E-state index in [9.17, 15) is 4.79 Å². The molecule has 1 aliphatic heterocycles. The molecule has 6 rings (SSSR count). The quantitative estimate of drug-likeness (QED) is 0.334. The molecule has 4 aromatic rings. The minimum absolute atomic E-state index is 0.0673. The van der Waals surface area contributed by atoms with E-state index in [0.717, 1.165) is 41.0 Å². The predicted molar refractivity (Wildman–Crippen MR) is 149 cm³/mol. The first kappa shape index (κ1) is 22.9. The zero-order chi connectivity index (χ0) is 24.8. The van der Waals surface area contributed by atoms with Crippen molar-refractivity contribution >= 4 is 28.7 Å². The number of amides is 2. The summed E-state index contributed by atoms with van der Waals surface area (Å²) in [7, 11) is 4.10. The lowest BCUT2D eigenvalue weighted by Crippen LogP contribution is -2.38. The molecular weight excluding hydrogens is 464 g/mol. The number of para-hydroxylation sites is 1. The average Bonchev–Trinajstić information content (AvgIpc) is 3.47. The minimum atomic E-state index is -0.195. The van der Waals surface area contributed by atoms with Crippen LogP contribution in [0.3, 0.4) is 0 Å². The van der Waals surface area contributed by atoms with Crippen molar-refractivity contribution in [2.45, 2.75) is 45.2 Å². The Hall–Kier alpha value is -3.51. The van der Waals surface area contributed by atoms with Gasteiger partial charge in [0.05, 0.1) is 18.3 Å². The topological polar surface area (TPSA) is 40.5 Å². The summed E-state index contributed by atoms with van der Waals surface area (Å²) in [5.41, 5.74) is 8.10. The number of benzene rings is 2. The van der Waals surface area contributed by atoms with E-state index in [4.69, 9.17) is 0 Å². The summed E-state index contributed by atoms with van der Waals surface area (Å²) in [6, 6.07) is 20.6. The molecule has 0 saturated carbocycles. The zero-order valence-electron chi connectivity index (χ0n) is 21.1. The van der Waals surface area contributed by atoms with Gasteiger partial charge in [-0.05, 0) is 79.6 Å². The van der Waals surface area contributed by atoms with Gasteiger partial charge in [-0.1, -0.05) is 30.3 Å². The highest BCUT2D eigenvalue weighted by Gasteiger charge is 2.36. The molecular formula is C30H32N4OS. The van der Waals surface area contributed by atoms with Crippen LogP contribution in [0.25, 0.3) is 5.00 Å². The summed E-state index contributed by atoms with van der Waals surface area (Å²) < 4.78 is 2.34. The third-order valence-electron chi connectivity index (χ3n) is 7.55. The van der Waals surface area contributed by atoms with Gasteiger partial charge in [0, 0.05) is 42.1 Å². The highest BCUT2D eigenvalue weighted by molar-refractivity contribution is 7.15. The number of carbonyl (C=O) groups excluding carboxylic acids is 1. The molecule has 0 fully saturated rings. The second-order valence-electron chi connectivity index (χ2n) is 10.1. The van der Waals surface area contributed by atoms with Crippen LogP contribution in [0.1, 0.15) is 51.7 Å². The number of aryl methyl sites for hydroxylation is 2. The Morgan fingerprint density at radius 1 is 0.972 bits per heavy atom. The van der Waals surface area contributed by atoms with Crippen molar-refractivity contribution < 1.29 is 4.79 Å². The van der Waals surface area contributed by atoms with Crippen molar-refractivity contribution in [2.24, 2.45) is 0 Å². The van der Waals surface area contributed by atoms with Crippen LogP contribution in [0.5, 0.6) is 0 Å². The van der Waals surface area contributed by atoms with Crippen molar-refractivity contribution in [1.82, 2.24) is 9.47 Å². The molecule has 2 aliphatic rings. The summed E-state index contributed by atoms with van der Waals surface area (Å²) in [5.74, 6) is 0. The molecule has 1 atom stereocenters. The number of urea groups is 1. The fourth-order valence-corrected chi connectivity index (χ4v) is 7.00. The van der Waals surface area contributed by atoms with Crippen LogP contribution in [0.4, 0.5) is 16.2 Å². The van der Waals surface area contributed by atoms with Crippen LogP contribution in [0.2, 0.25) is 0 Å². The molecule has 0 spiro atoms. The number of rotatable bonds is 3. The second-order valence-corrected chi connectivity index (χ2v) is 11.1. The molecule has 2 aromatic heterocycles. The van der Waals surface area contributed by atoms with Gasteiger partial charge in [-0.3, -0.25) is 0 Å². The van der Waals surface area contributed by atoms with Gasteiger partial charge in [0.2, 0.25) is 0 Å². The molecule has 2 aromatic carbocycles. The lowest BCUT2D eigenvalue weighted by atomic mass is 9.95.